The Labute approximate surface area is 193 Å². The number of nitrogens with one attached hydrogen (secondary N) is 1. The van der Waals surface area contributed by atoms with Gasteiger partial charge >= 0.3 is 12.1 Å². The zero-order valence-electron chi connectivity index (χ0n) is 17.9. The average Bonchev–Trinajstić information content (AvgIpc) is 3.42. The highest BCUT2D eigenvalue weighted by Crippen LogP contribution is 2.23. The number of hydrogen-bond acceptors (Lipinski definition) is 6. The molecule has 0 saturated carbocycles. The first-order chi connectivity index (χ1) is 16.0. The number of halogens is 3. The van der Waals surface area contributed by atoms with Crippen LogP contribution in [0.3, 0.4) is 0 Å². The summed E-state index contributed by atoms with van der Waals surface area (Å²) in [6.07, 6.45) is 7.51. The Morgan fingerprint density at radius 3 is 2.76 bits per heavy atom. The molecular weight excluding hydrogens is 454 g/mol. The molecule has 4 heterocycles. The predicted octanol–water partition coefficient (Wildman–Crippen LogP) is 4.16. The van der Waals surface area contributed by atoms with Gasteiger partial charge in [-0.05, 0) is 57.1 Å². The highest BCUT2D eigenvalue weighted by Gasteiger charge is 2.21. The van der Waals surface area contributed by atoms with Crippen molar-refractivity contribution in [3.05, 3.63) is 69.5 Å². The largest absolute Gasteiger partial charge is 0.415 e. The topological polar surface area (TPSA) is 90.8 Å². The van der Waals surface area contributed by atoms with Gasteiger partial charge in [0.2, 0.25) is 5.89 Å². The Morgan fingerprint density at radius 1 is 1.33 bits per heavy atom. The molecule has 1 aliphatic rings. The number of allylic oxidation sites excluding steroid dienone is 3. The van der Waals surface area contributed by atoms with Crippen molar-refractivity contribution < 1.29 is 13.2 Å². The Balaban J connectivity index is 1.63. The van der Waals surface area contributed by atoms with Gasteiger partial charge in [0.05, 0.1) is 23.5 Å². The minimum Gasteiger partial charge on any atom is -0.415 e. The first-order valence-electron chi connectivity index (χ1n) is 10.6. The van der Waals surface area contributed by atoms with E-state index < -0.39 is 12.3 Å². The van der Waals surface area contributed by atoms with Crippen LogP contribution in [-0.2, 0) is 6.54 Å². The summed E-state index contributed by atoms with van der Waals surface area (Å²) in [5.41, 5.74) is 1.55. The van der Waals surface area contributed by atoms with Crippen molar-refractivity contribution in [3.63, 3.8) is 0 Å². The molecule has 1 fully saturated rings. The molecule has 0 spiro atoms. The summed E-state index contributed by atoms with van der Waals surface area (Å²) >= 11 is 6.30. The van der Waals surface area contributed by atoms with Crippen molar-refractivity contribution in [3.8, 4) is 11.5 Å². The second kappa shape index (κ2) is 10.2. The molecule has 11 heteroatoms. The number of pyridine rings is 1. The zero-order chi connectivity index (χ0) is 23.4. The molecule has 3 aromatic rings. The Hall–Kier alpha value is -3.11. The molecule has 1 saturated heterocycles. The second-order valence-electron chi connectivity index (χ2n) is 7.62. The third-order valence-electron chi connectivity index (χ3n) is 5.37. The van der Waals surface area contributed by atoms with Crippen molar-refractivity contribution in [2.75, 3.05) is 13.1 Å². The smallest absolute Gasteiger partial charge is 0.329 e. The van der Waals surface area contributed by atoms with Gasteiger partial charge in [-0.15, -0.1) is 10.2 Å². The maximum atomic E-state index is 13.3. The second-order valence-corrected chi connectivity index (χ2v) is 8.06. The summed E-state index contributed by atoms with van der Waals surface area (Å²) in [7, 11) is 0. The quantitative estimate of drug-likeness (QED) is 0.515. The van der Waals surface area contributed by atoms with E-state index in [1.165, 1.54) is 6.20 Å². The lowest BCUT2D eigenvalue weighted by molar-refractivity contribution is 0.116. The summed E-state index contributed by atoms with van der Waals surface area (Å²) < 4.78 is 33.7. The van der Waals surface area contributed by atoms with Crippen molar-refractivity contribution in [1.82, 2.24) is 29.6 Å². The lowest BCUT2D eigenvalue weighted by Gasteiger charge is -2.23. The molecule has 0 aromatic carbocycles. The van der Waals surface area contributed by atoms with E-state index in [0.29, 0.717) is 22.0 Å². The van der Waals surface area contributed by atoms with Gasteiger partial charge in [-0.2, -0.15) is 8.78 Å². The molecule has 174 valence electrons. The standard InChI is InChI=1S/C22H23ClF2N6O2/c1-2-3-15(23)10-18-13-31(17-6-8-26-9-7-17)22(32)30(18)12-16-5-4-14(11-27-16)20-28-29-21(33-20)19(24)25/h2-5,10-11,13,17,19,26H,6-9,12H2,1H3/b3-2-,15-10+. The molecule has 0 amide bonds. The zero-order valence-corrected chi connectivity index (χ0v) is 18.7. The molecule has 0 radical (unpaired) electrons. The number of alkyl halides is 2. The Morgan fingerprint density at radius 2 is 2.12 bits per heavy atom. The number of hydrogen-bond donors (Lipinski definition) is 1. The van der Waals surface area contributed by atoms with Gasteiger partial charge in [-0.3, -0.25) is 14.1 Å². The van der Waals surface area contributed by atoms with E-state index in [1.807, 2.05) is 19.2 Å². The van der Waals surface area contributed by atoms with E-state index in [0.717, 1.165) is 25.9 Å². The summed E-state index contributed by atoms with van der Waals surface area (Å²) in [4.78, 5) is 17.6. The first-order valence-corrected chi connectivity index (χ1v) is 10.9. The fourth-order valence-corrected chi connectivity index (χ4v) is 3.97. The molecule has 0 bridgehead atoms. The fraction of sp³-hybridized carbons (Fsp3) is 0.364. The SMILES string of the molecule is C/C=C\C(Cl)=C/c1cn(C2CCNCC2)c(=O)n1Cc1ccc(-c2nnc(C(F)F)o2)cn1. The van der Waals surface area contributed by atoms with Crippen LogP contribution in [0.5, 0.6) is 0 Å². The molecule has 8 nitrogen and oxygen atoms in total. The van der Waals surface area contributed by atoms with Crippen LogP contribution in [0.2, 0.25) is 0 Å². The maximum Gasteiger partial charge on any atom is 0.329 e. The molecule has 0 atom stereocenters. The van der Waals surface area contributed by atoms with Crippen molar-refractivity contribution >= 4 is 17.7 Å². The van der Waals surface area contributed by atoms with E-state index in [1.54, 1.807) is 33.4 Å². The number of rotatable bonds is 7. The van der Waals surface area contributed by atoms with E-state index >= 15 is 0 Å². The summed E-state index contributed by atoms with van der Waals surface area (Å²) in [6.45, 7) is 3.80. The van der Waals surface area contributed by atoms with Crippen LogP contribution >= 0.6 is 11.6 Å². The first kappa shape index (κ1) is 23.1. The van der Waals surface area contributed by atoms with Crippen LogP contribution in [0.4, 0.5) is 8.78 Å². The van der Waals surface area contributed by atoms with Crippen LogP contribution in [0.25, 0.3) is 17.5 Å². The van der Waals surface area contributed by atoms with Gasteiger partial charge in [0.1, 0.15) is 0 Å². The number of imidazole rings is 1. The molecule has 1 N–H and O–H groups in total. The molecule has 33 heavy (non-hydrogen) atoms. The summed E-state index contributed by atoms with van der Waals surface area (Å²) in [5, 5.41) is 10.8. The number of aromatic nitrogens is 5. The lowest BCUT2D eigenvalue weighted by atomic mass is 10.1. The molecule has 4 rings (SSSR count). The van der Waals surface area contributed by atoms with Crippen LogP contribution in [0.1, 0.15) is 49.5 Å². The van der Waals surface area contributed by atoms with Gasteiger partial charge in [-0.1, -0.05) is 17.7 Å². The minimum absolute atomic E-state index is 0.0414. The third-order valence-corrected chi connectivity index (χ3v) is 5.60. The summed E-state index contributed by atoms with van der Waals surface area (Å²) in [6, 6.07) is 3.45. The number of piperidine rings is 1. The van der Waals surface area contributed by atoms with Gasteiger partial charge in [0, 0.05) is 23.5 Å². The van der Waals surface area contributed by atoms with Gasteiger partial charge < -0.3 is 9.73 Å². The van der Waals surface area contributed by atoms with E-state index in [9.17, 15) is 13.6 Å². The van der Waals surface area contributed by atoms with Crippen LogP contribution in [0.15, 0.2) is 50.9 Å². The van der Waals surface area contributed by atoms with E-state index in [4.69, 9.17) is 16.0 Å². The highest BCUT2D eigenvalue weighted by molar-refractivity contribution is 6.33. The van der Waals surface area contributed by atoms with Gasteiger partial charge in [0.25, 0.3) is 5.89 Å². The minimum atomic E-state index is -2.84. The molecular formula is C22H23ClF2N6O2. The average molecular weight is 477 g/mol. The normalized spacial score (nSPS) is 15.7. The molecule has 1 aliphatic heterocycles. The maximum absolute atomic E-state index is 13.3. The lowest BCUT2D eigenvalue weighted by Crippen LogP contribution is -2.34. The fourth-order valence-electron chi connectivity index (χ4n) is 3.73. The van der Waals surface area contributed by atoms with Crippen molar-refractivity contribution in [2.24, 2.45) is 0 Å². The molecule has 0 aliphatic carbocycles. The van der Waals surface area contributed by atoms with Crippen LogP contribution in [-0.4, -0.2) is 37.4 Å². The Bertz CT molecular complexity index is 1210. The van der Waals surface area contributed by atoms with Gasteiger partial charge in [0.15, 0.2) is 0 Å². The Kier molecular flexibility index (Phi) is 7.14. The van der Waals surface area contributed by atoms with Crippen molar-refractivity contribution in [1.29, 1.82) is 0 Å². The third kappa shape index (κ3) is 5.28. The number of nitrogens with zero attached hydrogens (tertiary/aromatic N) is 5. The van der Waals surface area contributed by atoms with E-state index in [2.05, 4.69) is 20.5 Å². The predicted molar refractivity (Wildman–Crippen MR) is 120 cm³/mol. The van der Waals surface area contributed by atoms with Crippen LogP contribution < -0.4 is 11.0 Å². The van der Waals surface area contributed by atoms with Crippen molar-refractivity contribution in [2.45, 2.75) is 38.8 Å². The summed E-state index contributed by atoms with van der Waals surface area (Å²) in [5.74, 6) is -0.783. The van der Waals surface area contributed by atoms with Gasteiger partial charge in [-0.25, -0.2) is 4.79 Å². The molecule has 3 aromatic heterocycles. The molecule has 0 unspecified atom stereocenters. The highest BCUT2D eigenvalue weighted by atomic mass is 35.5. The van der Waals surface area contributed by atoms with Crippen LogP contribution in [0, 0.1) is 0 Å². The van der Waals surface area contributed by atoms with E-state index in [-0.39, 0.29) is 24.2 Å². The monoisotopic (exact) mass is 476 g/mol.